The van der Waals surface area contributed by atoms with Crippen LogP contribution < -0.4 is 15.4 Å². The molecule has 0 bridgehead atoms. The van der Waals surface area contributed by atoms with Crippen LogP contribution in [0.25, 0.3) is 0 Å². The highest BCUT2D eigenvalue weighted by Crippen LogP contribution is 2.17. The summed E-state index contributed by atoms with van der Waals surface area (Å²) < 4.78 is 11.3. The van der Waals surface area contributed by atoms with Crippen molar-refractivity contribution in [2.45, 2.75) is 45.3 Å². The van der Waals surface area contributed by atoms with Crippen LogP contribution in [0.4, 0.5) is 5.69 Å². The fraction of sp³-hybridized carbons (Fsp3) is 0.391. The summed E-state index contributed by atoms with van der Waals surface area (Å²) in [6.07, 6.45) is 3.14. The van der Waals surface area contributed by atoms with Gasteiger partial charge in [0.1, 0.15) is 5.75 Å². The lowest BCUT2D eigenvalue weighted by molar-refractivity contribution is 0.0857. The van der Waals surface area contributed by atoms with E-state index < -0.39 is 0 Å². The molecule has 2 amide bonds. The average molecular weight is 396 g/mol. The maximum atomic E-state index is 12.5. The predicted molar refractivity (Wildman–Crippen MR) is 113 cm³/mol. The maximum Gasteiger partial charge on any atom is 0.255 e. The normalized spacial score (nSPS) is 16.8. The topological polar surface area (TPSA) is 76.7 Å². The first kappa shape index (κ1) is 20.9. The smallest absolute Gasteiger partial charge is 0.255 e. The first-order valence-corrected chi connectivity index (χ1v) is 10.1. The maximum absolute atomic E-state index is 12.5. The van der Waals surface area contributed by atoms with Crippen LogP contribution in [-0.2, 0) is 4.74 Å². The van der Waals surface area contributed by atoms with Crippen molar-refractivity contribution < 1.29 is 19.1 Å². The Labute approximate surface area is 171 Å². The molecular weight excluding hydrogens is 368 g/mol. The molecule has 154 valence electrons. The zero-order chi connectivity index (χ0) is 20.6. The predicted octanol–water partition coefficient (Wildman–Crippen LogP) is 4.03. The number of anilines is 1. The van der Waals surface area contributed by atoms with Gasteiger partial charge in [0.25, 0.3) is 11.8 Å². The second-order valence-corrected chi connectivity index (χ2v) is 7.24. The molecule has 3 rings (SSSR count). The minimum atomic E-state index is -0.239. The van der Waals surface area contributed by atoms with Crippen LogP contribution in [0.2, 0.25) is 0 Å². The molecule has 1 aliphatic heterocycles. The van der Waals surface area contributed by atoms with Gasteiger partial charge in [-0.3, -0.25) is 9.59 Å². The van der Waals surface area contributed by atoms with E-state index in [9.17, 15) is 9.59 Å². The molecule has 29 heavy (non-hydrogen) atoms. The Morgan fingerprint density at radius 2 is 1.93 bits per heavy atom. The molecule has 2 unspecified atom stereocenters. The van der Waals surface area contributed by atoms with Crippen LogP contribution in [-0.4, -0.2) is 37.2 Å². The van der Waals surface area contributed by atoms with Gasteiger partial charge in [0, 0.05) is 30.0 Å². The van der Waals surface area contributed by atoms with E-state index in [1.165, 1.54) is 0 Å². The number of carbonyl (C=O) groups excluding carboxylic acids is 2. The van der Waals surface area contributed by atoms with Gasteiger partial charge in [0.2, 0.25) is 0 Å². The van der Waals surface area contributed by atoms with Crippen molar-refractivity contribution in [3.8, 4) is 5.75 Å². The number of hydrogen-bond donors (Lipinski definition) is 2. The third-order valence-electron chi connectivity index (χ3n) is 4.93. The zero-order valence-corrected chi connectivity index (χ0v) is 16.9. The van der Waals surface area contributed by atoms with E-state index in [-0.39, 0.29) is 24.0 Å². The molecule has 1 aliphatic rings. The number of benzene rings is 2. The Kier molecular flexibility index (Phi) is 7.25. The van der Waals surface area contributed by atoms with E-state index in [4.69, 9.17) is 9.47 Å². The van der Waals surface area contributed by atoms with Crippen molar-refractivity contribution in [1.29, 1.82) is 0 Å². The lowest BCUT2D eigenvalue weighted by Gasteiger charge is -2.13. The monoisotopic (exact) mass is 396 g/mol. The van der Waals surface area contributed by atoms with Gasteiger partial charge >= 0.3 is 0 Å². The Bertz CT molecular complexity index is 829. The summed E-state index contributed by atoms with van der Waals surface area (Å²) in [5.41, 5.74) is 1.59. The molecule has 0 radical (unpaired) electrons. The number of nitrogens with one attached hydrogen (secondary N) is 2. The van der Waals surface area contributed by atoms with Crippen LogP contribution in [0, 0.1) is 0 Å². The largest absolute Gasteiger partial charge is 0.491 e. The molecule has 6 nitrogen and oxygen atoms in total. The Balaban J connectivity index is 1.57. The van der Waals surface area contributed by atoms with Crippen molar-refractivity contribution >= 4 is 17.5 Å². The van der Waals surface area contributed by atoms with Crippen LogP contribution in [0.5, 0.6) is 5.75 Å². The van der Waals surface area contributed by atoms with Crippen molar-refractivity contribution in [2.24, 2.45) is 0 Å². The number of rotatable bonds is 8. The lowest BCUT2D eigenvalue weighted by Crippen LogP contribution is -2.31. The molecule has 6 heteroatoms. The Morgan fingerprint density at radius 3 is 2.62 bits per heavy atom. The molecule has 0 aliphatic carbocycles. The van der Waals surface area contributed by atoms with Crippen molar-refractivity contribution in [1.82, 2.24) is 5.32 Å². The summed E-state index contributed by atoms with van der Waals surface area (Å²) in [4.78, 5) is 24.9. The summed E-state index contributed by atoms with van der Waals surface area (Å²) >= 11 is 0. The summed E-state index contributed by atoms with van der Waals surface area (Å²) in [6.45, 7) is 5.32. The highest BCUT2D eigenvalue weighted by atomic mass is 16.5. The Hall–Kier alpha value is -2.86. The van der Waals surface area contributed by atoms with Crippen LogP contribution in [0.3, 0.4) is 0 Å². The fourth-order valence-electron chi connectivity index (χ4n) is 3.06. The highest BCUT2D eigenvalue weighted by Gasteiger charge is 2.17. The average Bonchev–Trinajstić information content (AvgIpc) is 3.26. The number of ether oxygens (including phenoxy) is 2. The molecule has 0 aromatic heterocycles. The SMILES string of the molecule is CCC(C)Oc1ccc(C(=O)Nc2cccc(C(=O)NCC3CCCO3)c2)cc1. The fourth-order valence-corrected chi connectivity index (χ4v) is 3.06. The number of hydrogen-bond acceptors (Lipinski definition) is 4. The van der Waals surface area contributed by atoms with Gasteiger partial charge in [-0.25, -0.2) is 0 Å². The van der Waals surface area contributed by atoms with Crippen molar-refractivity contribution in [3.63, 3.8) is 0 Å². The first-order chi connectivity index (χ1) is 14.0. The van der Waals surface area contributed by atoms with Gasteiger partial charge in [0.05, 0.1) is 12.2 Å². The summed E-state index contributed by atoms with van der Waals surface area (Å²) in [5, 5.41) is 5.73. The van der Waals surface area contributed by atoms with E-state index in [2.05, 4.69) is 17.6 Å². The summed E-state index contributed by atoms with van der Waals surface area (Å²) in [6, 6.07) is 13.9. The van der Waals surface area contributed by atoms with Crippen molar-refractivity contribution in [3.05, 3.63) is 59.7 Å². The summed E-state index contributed by atoms with van der Waals surface area (Å²) in [5.74, 6) is 0.320. The molecule has 2 N–H and O–H groups in total. The minimum absolute atomic E-state index is 0.0918. The van der Waals surface area contributed by atoms with Gasteiger partial charge in [-0.1, -0.05) is 13.0 Å². The summed E-state index contributed by atoms with van der Waals surface area (Å²) in [7, 11) is 0. The van der Waals surface area contributed by atoms with E-state index in [0.29, 0.717) is 23.4 Å². The van der Waals surface area contributed by atoms with E-state index in [1.54, 1.807) is 48.5 Å². The van der Waals surface area contributed by atoms with Crippen molar-refractivity contribution in [2.75, 3.05) is 18.5 Å². The third-order valence-corrected chi connectivity index (χ3v) is 4.93. The quantitative estimate of drug-likeness (QED) is 0.706. The number of carbonyl (C=O) groups is 2. The van der Waals surface area contributed by atoms with Gasteiger partial charge in [-0.2, -0.15) is 0 Å². The van der Waals surface area contributed by atoms with Crippen LogP contribution >= 0.6 is 0 Å². The molecule has 1 fully saturated rings. The lowest BCUT2D eigenvalue weighted by atomic mass is 10.1. The highest BCUT2D eigenvalue weighted by molar-refractivity contribution is 6.05. The minimum Gasteiger partial charge on any atom is -0.491 e. The molecule has 2 atom stereocenters. The van der Waals surface area contributed by atoms with E-state index >= 15 is 0 Å². The Morgan fingerprint density at radius 1 is 1.14 bits per heavy atom. The second kappa shape index (κ2) is 10.1. The molecule has 1 saturated heterocycles. The van der Waals surface area contributed by atoms with Gasteiger partial charge < -0.3 is 20.1 Å². The molecular formula is C23H28N2O4. The molecule has 0 saturated carbocycles. The standard InChI is InChI=1S/C23H28N2O4/c1-3-16(2)29-20-11-9-17(10-12-20)23(27)25-19-7-4-6-18(14-19)22(26)24-15-21-8-5-13-28-21/h4,6-7,9-12,14,16,21H,3,5,8,13,15H2,1-2H3,(H,24,26)(H,25,27). The molecule has 0 spiro atoms. The number of amides is 2. The first-order valence-electron chi connectivity index (χ1n) is 10.1. The van der Waals surface area contributed by atoms with E-state index in [1.807, 2.05) is 6.92 Å². The third kappa shape index (κ3) is 6.06. The zero-order valence-electron chi connectivity index (χ0n) is 16.9. The van der Waals surface area contributed by atoms with Gasteiger partial charge in [-0.15, -0.1) is 0 Å². The second-order valence-electron chi connectivity index (χ2n) is 7.24. The van der Waals surface area contributed by atoms with E-state index in [0.717, 1.165) is 31.6 Å². The molecule has 2 aromatic rings. The molecule has 2 aromatic carbocycles. The van der Waals surface area contributed by atoms with Gasteiger partial charge in [-0.05, 0) is 68.7 Å². The molecule has 1 heterocycles. The van der Waals surface area contributed by atoms with Crippen LogP contribution in [0.1, 0.15) is 53.8 Å². The van der Waals surface area contributed by atoms with Crippen LogP contribution in [0.15, 0.2) is 48.5 Å². The van der Waals surface area contributed by atoms with Gasteiger partial charge in [0.15, 0.2) is 0 Å².